The average molecular weight is 371 g/mol. The highest BCUT2D eigenvalue weighted by Crippen LogP contribution is 2.23. The van der Waals surface area contributed by atoms with E-state index in [0.717, 1.165) is 24.2 Å². The number of halogens is 1. The summed E-state index contributed by atoms with van der Waals surface area (Å²) in [5, 5.41) is 7.29. The van der Waals surface area contributed by atoms with Crippen LogP contribution in [0.2, 0.25) is 5.02 Å². The van der Waals surface area contributed by atoms with Gasteiger partial charge in [-0.1, -0.05) is 41.0 Å². The molecule has 0 aliphatic heterocycles. The van der Waals surface area contributed by atoms with E-state index < -0.39 is 0 Å². The van der Waals surface area contributed by atoms with Crippen molar-refractivity contribution in [3.05, 3.63) is 70.9 Å². The Morgan fingerprint density at radius 3 is 2.73 bits per heavy atom. The molecule has 0 aliphatic rings. The average Bonchev–Trinajstić information content (AvgIpc) is 3.16. The highest BCUT2D eigenvalue weighted by atomic mass is 35.5. The second-order valence-corrected chi connectivity index (χ2v) is 6.23. The molecule has 6 heteroatoms. The number of nitrogens with zero attached hydrogens (tertiary/aromatic N) is 1. The van der Waals surface area contributed by atoms with Gasteiger partial charge < -0.3 is 14.6 Å². The minimum Gasteiger partial charge on any atom is -0.497 e. The monoisotopic (exact) mass is 370 g/mol. The van der Waals surface area contributed by atoms with Crippen molar-refractivity contribution >= 4 is 17.5 Å². The van der Waals surface area contributed by atoms with Gasteiger partial charge in [-0.25, -0.2) is 0 Å². The summed E-state index contributed by atoms with van der Waals surface area (Å²) in [6.07, 6.45) is 1.70. The van der Waals surface area contributed by atoms with Crippen molar-refractivity contribution in [2.24, 2.45) is 0 Å². The first-order valence-electron chi connectivity index (χ1n) is 8.29. The summed E-state index contributed by atoms with van der Waals surface area (Å²) in [6, 6.07) is 16.7. The predicted molar refractivity (Wildman–Crippen MR) is 101 cm³/mol. The number of ether oxygens (including phenoxy) is 1. The number of carbonyl (C=O) groups excluding carboxylic acids is 1. The lowest BCUT2D eigenvalue weighted by Crippen LogP contribution is -2.25. The van der Waals surface area contributed by atoms with E-state index in [9.17, 15) is 4.79 Å². The zero-order chi connectivity index (χ0) is 18.4. The van der Waals surface area contributed by atoms with Gasteiger partial charge in [0.1, 0.15) is 5.75 Å². The summed E-state index contributed by atoms with van der Waals surface area (Å²) < 4.78 is 10.4. The number of hydrogen-bond acceptors (Lipinski definition) is 4. The smallest absolute Gasteiger partial charge is 0.273 e. The fraction of sp³-hybridized carbons (Fsp3) is 0.200. The predicted octanol–water partition coefficient (Wildman–Crippen LogP) is 4.37. The topological polar surface area (TPSA) is 64.4 Å². The molecule has 0 saturated heterocycles. The van der Waals surface area contributed by atoms with Crippen molar-refractivity contribution in [2.75, 3.05) is 13.7 Å². The Kier molecular flexibility index (Phi) is 5.92. The number of benzene rings is 2. The molecule has 0 fully saturated rings. The van der Waals surface area contributed by atoms with Crippen molar-refractivity contribution < 1.29 is 14.1 Å². The van der Waals surface area contributed by atoms with Gasteiger partial charge in [-0.3, -0.25) is 4.79 Å². The molecule has 0 unspecified atom stereocenters. The third-order valence-electron chi connectivity index (χ3n) is 3.94. The summed E-state index contributed by atoms with van der Waals surface area (Å²) in [5.74, 6) is 1.09. The number of aromatic nitrogens is 1. The van der Waals surface area contributed by atoms with Crippen LogP contribution in [0.1, 0.15) is 22.5 Å². The lowest BCUT2D eigenvalue weighted by atomic mass is 10.1. The minimum atomic E-state index is -0.253. The molecule has 1 heterocycles. The Bertz CT molecular complexity index is 875. The number of methoxy groups -OCH3 is 1. The molecule has 0 spiro atoms. The van der Waals surface area contributed by atoms with Crippen molar-refractivity contribution in [2.45, 2.75) is 12.8 Å². The molecule has 2 aromatic carbocycles. The van der Waals surface area contributed by atoms with Crippen LogP contribution in [0.5, 0.6) is 5.75 Å². The van der Waals surface area contributed by atoms with Gasteiger partial charge in [0.05, 0.1) is 7.11 Å². The van der Waals surface area contributed by atoms with Crippen molar-refractivity contribution in [3.63, 3.8) is 0 Å². The zero-order valence-corrected chi connectivity index (χ0v) is 15.1. The lowest BCUT2D eigenvalue weighted by molar-refractivity contribution is 0.0944. The Morgan fingerprint density at radius 2 is 2.00 bits per heavy atom. The maximum absolute atomic E-state index is 12.2. The molecule has 134 valence electrons. The van der Waals surface area contributed by atoms with E-state index >= 15 is 0 Å². The summed E-state index contributed by atoms with van der Waals surface area (Å²) in [4.78, 5) is 12.2. The fourth-order valence-electron chi connectivity index (χ4n) is 2.54. The SMILES string of the molecule is COc1ccc(CCCNC(=O)c2cc(-c3cccc(Cl)c3)on2)cc1. The summed E-state index contributed by atoms with van der Waals surface area (Å²) in [5.41, 5.74) is 2.23. The number of nitrogens with one attached hydrogen (secondary N) is 1. The van der Waals surface area contributed by atoms with E-state index in [4.69, 9.17) is 20.9 Å². The van der Waals surface area contributed by atoms with Crippen molar-refractivity contribution in [1.82, 2.24) is 10.5 Å². The van der Waals surface area contributed by atoms with Crippen molar-refractivity contribution in [1.29, 1.82) is 0 Å². The lowest BCUT2D eigenvalue weighted by Gasteiger charge is -2.04. The molecule has 1 N–H and O–H groups in total. The van der Waals surface area contributed by atoms with Gasteiger partial charge in [-0.2, -0.15) is 0 Å². The second kappa shape index (κ2) is 8.54. The van der Waals surface area contributed by atoms with Crippen LogP contribution in [0.15, 0.2) is 59.1 Å². The summed E-state index contributed by atoms with van der Waals surface area (Å²) >= 11 is 5.97. The molecule has 0 atom stereocenters. The zero-order valence-electron chi connectivity index (χ0n) is 14.4. The first-order valence-corrected chi connectivity index (χ1v) is 8.67. The molecule has 0 radical (unpaired) electrons. The van der Waals surface area contributed by atoms with Gasteiger partial charge in [0.15, 0.2) is 11.5 Å². The van der Waals surface area contributed by atoms with E-state index in [-0.39, 0.29) is 11.6 Å². The first kappa shape index (κ1) is 18.0. The Balaban J connectivity index is 1.49. The highest BCUT2D eigenvalue weighted by Gasteiger charge is 2.13. The summed E-state index contributed by atoms with van der Waals surface area (Å²) in [6.45, 7) is 0.560. The second-order valence-electron chi connectivity index (χ2n) is 5.79. The van der Waals surface area contributed by atoms with Gasteiger partial charge in [-0.05, 0) is 42.7 Å². The van der Waals surface area contributed by atoms with E-state index in [1.807, 2.05) is 36.4 Å². The van der Waals surface area contributed by atoms with Gasteiger partial charge in [0.2, 0.25) is 0 Å². The molecule has 26 heavy (non-hydrogen) atoms. The van der Waals surface area contributed by atoms with Crippen LogP contribution in [-0.4, -0.2) is 24.7 Å². The number of hydrogen-bond donors (Lipinski definition) is 1. The Labute approximate surface area is 156 Å². The number of rotatable bonds is 7. The maximum Gasteiger partial charge on any atom is 0.273 e. The quantitative estimate of drug-likeness (QED) is 0.627. The molecule has 0 aliphatic carbocycles. The molecular weight excluding hydrogens is 352 g/mol. The summed E-state index contributed by atoms with van der Waals surface area (Å²) in [7, 11) is 1.65. The largest absolute Gasteiger partial charge is 0.497 e. The van der Waals surface area contributed by atoms with Crippen LogP contribution in [0.25, 0.3) is 11.3 Å². The molecule has 5 nitrogen and oxygen atoms in total. The van der Waals surface area contributed by atoms with Gasteiger partial charge in [-0.15, -0.1) is 0 Å². The van der Waals surface area contributed by atoms with Crippen LogP contribution in [0.4, 0.5) is 0 Å². The number of amides is 1. The van der Waals surface area contributed by atoms with Crippen LogP contribution in [0.3, 0.4) is 0 Å². The van der Waals surface area contributed by atoms with E-state index in [2.05, 4.69) is 10.5 Å². The third kappa shape index (κ3) is 4.64. The van der Waals surface area contributed by atoms with Crippen LogP contribution >= 0.6 is 11.6 Å². The van der Waals surface area contributed by atoms with Crippen molar-refractivity contribution in [3.8, 4) is 17.1 Å². The van der Waals surface area contributed by atoms with Gasteiger partial charge in [0.25, 0.3) is 5.91 Å². The van der Waals surface area contributed by atoms with Gasteiger partial charge in [0, 0.05) is 23.2 Å². The van der Waals surface area contributed by atoms with E-state index in [1.54, 1.807) is 25.3 Å². The molecular formula is C20H19ClN2O3. The standard InChI is InChI=1S/C20H19ClN2O3/c1-25-17-9-7-14(8-10-17)4-3-11-22-20(24)18-13-19(26-23-18)15-5-2-6-16(21)12-15/h2,5-10,12-13H,3-4,11H2,1H3,(H,22,24). The number of aryl methyl sites for hydroxylation is 1. The van der Waals surface area contributed by atoms with Crippen LogP contribution in [-0.2, 0) is 6.42 Å². The third-order valence-corrected chi connectivity index (χ3v) is 4.17. The Hall–Kier alpha value is -2.79. The fourth-order valence-corrected chi connectivity index (χ4v) is 2.73. The van der Waals surface area contributed by atoms with Crippen LogP contribution < -0.4 is 10.1 Å². The van der Waals surface area contributed by atoms with E-state index in [0.29, 0.717) is 17.3 Å². The Morgan fingerprint density at radius 1 is 1.19 bits per heavy atom. The first-order chi connectivity index (χ1) is 12.7. The maximum atomic E-state index is 12.2. The molecule has 1 aromatic heterocycles. The van der Waals surface area contributed by atoms with E-state index in [1.165, 1.54) is 5.56 Å². The van der Waals surface area contributed by atoms with Gasteiger partial charge >= 0.3 is 0 Å². The molecule has 3 rings (SSSR count). The molecule has 3 aromatic rings. The normalized spacial score (nSPS) is 10.5. The highest BCUT2D eigenvalue weighted by molar-refractivity contribution is 6.30. The molecule has 0 bridgehead atoms. The molecule has 0 saturated carbocycles. The number of carbonyl (C=O) groups is 1. The molecule has 1 amide bonds. The minimum absolute atomic E-state index is 0.253. The van der Waals surface area contributed by atoms with Crippen LogP contribution in [0, 0.1) is 0 Å².